The average molecular weight is 250 g/mol. The van der Waals surface area contributed by atoms with Crippen LogP contribution in [0.5, 0.6) is 0 Å². The van der Waals surface area contributed by atoms with Crippen LogP contribution in [0, 0.1) is 11.7 Å². The average Bonchev–Trinajstić information content (AvgIpc) is 2.42. The Hall–Kier alpha value is -0.930. The zero-order valence-corrected chi connectivity index (χ0v) is 10.9. The smallest absolute Gasteiger partial charge is 0.123 e. The molecule has 2 rings (SSSR count). The maximum absolute atomic E-state index is 12.9. The van der Waals surface area contributed by atoms with Gasteiger partial charge in [0.2, 0.25) is 0 Å². The first-order valence-electron chi connectivity index (χ1n) is 7.01. The third-order valence-corrected chi connectivity index (χ3v) is 4.06. The van der Waals surface area contributed by atoms with Crippen molar-refractivity contribution in [2.45, 2.75) is 51.0 Å². The van der Waals surface area contributed by atoms with Crippen LogP contribution >= 0.6 is 0 Å². The summed E-state index contributed by atoms with van der Waals surface area (Å²) in [6.45, 7) is 0. The monoisotopic (exact) mass is 250 g/mol. The Bertz CT molecular complexity index is 344. The van der Waals surface area contributed by atoms with Crippen LogP contribution in [0.1, 0.15) is 56.6 Å². The van der Waals surface area contributed by atoms with E-state index in [4.69, 9.17) is 5.84 Å². The fourth-order valence-corrected chi connectivity index (χ4v) is 2.92. The van der Waals surface area contributed by atoms with Crippen molar-refractivity contribution in [3.63, 3.8) is 0 Å². The molecule has 0 radical (unpaired) electrons. The molecule has 100 valence electrons. The molecule has 0 aromatic heterocycles. The highest BCUT2D eigenvalue weighted by Gasteiger charge is 2.16. The van der Waals surface area contributed by atoms with Crippen LogP contribution in [0.4, 0.5) is 4.39 Å². The number of hydrogen-bond acceptors (Lipinski definition) is 2. The molecule has 18 heavy (non-hydrogen) atoms. The van der Waals surface area contributed by atoms with Crippen molar-refractivity contribution >= 4 is 0 Å². The SMILES string of the molecule is NNC(CCC1CCCCC1)c1ccc(F)cc1. The minimum atomic E-state index is -0.193. The predicted octanol–water partition coefficient (Wildman–Crippen LogP) is 3.69. The van der Waals surface area contributed by atoms with Crippen molar-refractivity contribution in [3.8, 4) is 0 Å². The summed E-state index contributed by atoms with van der Waals surface area (Å²) >= 11 is 0. The highest BCUT2D eigenvalue weighted by atomic mass is 19.1. The first kappa shape index (κ1) is 13.5. The summed E-state index contributed by atoms with van der Waals surface area (Å²) in [5, 5.41) is 0. The molecule has 0 spiro atoms. The molecule has 2 nitrogen and oxygen atoms in total. The molecule has 0 heterocycles. The fraction of sp³-hybridized carbons (Fsp3) is 0.600. The summed E-state index contributed by atoms with van der Waals surface area (Å²) in [4.78, 5) is 0. The number of benzene rings is 1. The minimum Gasteiger partial charge on any atom is -0.271 e. The van der Waals surface area contributed by atoms with E-state index < -0.39 is 0 Å². The normalized spacial score (nSPS) is 18.8. The van der Waals surface area contributed by atoms with Crippen LogP contribution < -0.4 is 11.3 Å². The Morgan fingerprint density at radius 1 is 1.17 bits per heavy atom. The molecule has 1 saturated carbocycles. The van der Waals surface area contributed by atoms with Gasteiger partial charge in [-0.2, -0.15) is 0 Å². The summed E-state index contributed by atoms with van der Waals surface area (Å²) in [6, 6.07) is 6.79. The van der Waals surface area contributed by atoms with Crippen LogP contribution in [0.15, 0.2) is 24.3 Å². The number of halogens is 1. The van der Waals surface area contributed by atoms with Gasteiger partial charge < -0.3 is 0 Å². The molecular formula is C15H23FN2. The lowest BCUT2D eigenvalue weighted by atomic mass is 9.84. The van der Waals surface area contributed by atoms with Crippen molar-refractivity contribution in [1.82, 2.24) is 5.43 Å². The molecule has 0 aliphatic heterocycles. The van der Waals surface area contributed by atoms with Crippen molar-refractivity contribution < 1.29 is 4.39 Å². The molecule has 1 atom stereocenters. The Morgan fingerprint density at radius 3 is 2.44 bits per heavy atom. The lowest BCUT2D eigenvalue weighted by Gasteiger charge is -2.24. The molecule has 1 aromatic rings. The van der Waals surface area contributed by atoms with E-state index in [1.807, 2.05) is 12.1 Å². The molecule has 1 unspecified atom stereocenters. The second-order valence-electron chi connectivity index (χ2n) is 5.35. The van der Waals surface area contributed by atoms with Gasteiger partial charge in [0, 0.05) is 6.04 Å². The summed E-state index contributed by atoms with van der Waals surface area (Å²) < 4.78 is 12.9. The molecule has 1 aliphatic rings. The van der Waals surface area contributed by atoms with Crippen LogP contribution in [0.2, 0.25) is 0 Å². The van der Waals surface area contributed by atoms with Crippen molar-refractivity contribution in [2.75, 3.05) is 0 Å². The topological polar surface area (TPSA) is 38.0 Å². The van der Waals surface area contributed by atoms with Gasteiger partial charge in [0.25, 0.3) is 0 Å². The van der Waals surface area contributed by atoms with Gasteiger partial charge in [-0.05, 0) is 36.5 Å². The molecule has 3 heteroatoms. The van der Waals surface area contributed by atoms with Gasteiger partial charge in [-0.1, -0.05) is 44.2 Å². The first-order valence-corrected chi connectivity index (χ1v) is 7.01. The van der Waals surface area contributed by atoms with E-state index in [9.17, 15) is 4.39 Å². The summed E-state index contributed by atoms with van der Waals surface area (Å²) in [6.07, 6.45) is 9.12. The van der Waals surface area contributed by atoms with Crippen LogP contribution in [-0.4, -0.2) is 0 Å². The zero-order valence-electron chi connectivity index (χ0n) is 10.9. The second-order valence-corrected chi connectivity index (χ2v) is 5.35. The van der Waals surface area contributed by atoms with E-state index in [2.05, 4.69) is 5.43 Å². The number of hydrogen-bond donors (Lipinski definition) is 2. The minimum absolute atomic E-state index is 0.146. The van der Waals surface area contributed by atoms with E-state index in [1.54, 1.807) is 0 Å². The molecule has 0 bridgehead atoms. The van der Waals surface area contributed by atoms with Gasteiger partial charge in [0.1, 0.15) is 5.82 Å². The quantitative estimate of drug-likeness (QED) is 0.618. The van der Waals surface area contributed by atoms with Gasteiger partial charge in [0.15, 0.2) is 0 Å². The van der Waals surface area contributed by atoms with Crippen molar-refractivity contribution in [3.05, 3.63) is 35.6 Å². The van der Waals surface area contributed by atoms with Crippen molar-refractivity contribution in [1.29, 1.82) is 0 Å². The Kier molecular flexibility index (Phi) is 5.14. The third-order valence-electron chi connectivity index (χ3n) is 4.06. The largest absolute Gasteiger partial charge is 0.271 e. The van der Waals surface area contributed by atoms with E-state index >= 15 is 0 Å². The highest BCUT2D eigenvalue weighted by molar-refractivity contribution is 5.19. The molecule has 0 amide bonds. The summed E-state index contributed by atoms with van der Waals surface area (Å²) in [7, 11) is 0. The van der Waals surface area contributed by atoms with E-state index in [0.29, 0.717) is 0 Å². The van der Waals surface area contributed by atoms with E-state index in [0.717, 1.165) is 17.9 Å². The molecule has 3 N–H and O–H groups in total. The lowest BCUT2D eigenvalue weighted by molar-refractivity contribution is 0.315. The zero-order chi connectivity index (χ0) is 12.8. The number of nitrogens with two attached hydrogens (primary N) is 1. The Labute approximate surface area is 109 Å². The van der Waals surface area contributed by atoms with Gasteiger partial charge in [-0.15, -0.1) is 0 Å². The van der Waals surface area contributed by atoms with Gasteiger partial charge in [0.05, 0.1) is 0 Å². The Morgan fingerprint density at radius 2 is 1.83 bits per heavy atom. The lowest BCUT2D eigenvalue weighted by Crippen LogP contribution is -2.28. The summed E-state index contributed by atoms with van der Waals surface area (Å²) in [5.74, 6) is 6.28. The van der Waals surface area contributed by atoms with Crippen LogP contribution in [0.3, 0.4) is 0 Å². The van der Waals surface area contributed by atoms with Crippen LogP contribution in [0.25, 0.3) is 0 Å². The van der Waals surface area contributed by atoms with Gasteiger partial charge >= 0.3 is 0 Å². The standard InChI is InChI=1S/C15H23FN2/c16-14-9-7-13(8-10-14)15(18-17)11-6-12-4-2-1-3-5-12/h7-10,12,15,18H,1-6,11,17H2. The molecule has 1 fully saturated rings. The molecule has 0 saturated heterocycles. The summed E-state index contributed by atoms with van der Waals surface area (Å²) in [5.41, 5.74) is 3.93. The predicted molar refractivity (Wildman–Crippen MR) is 72.3 cm³/mol. The van der Waals surface area contributed by atoms with E-state index in [-0.39, 0.29) is 11.9 Å². The highest BCUT2D eigenvalue weighted by Crippen LogP contribution is 2.30. The van der Waals surface area contributed by atoms with Gasteiger partial charge in [-0.25, -0.2) is 4.39 Å². The Balaban J connectivity index is 1.86. The molecular weight excluding hydrogens is 227 g/mol. The maximum Gasteiger partial charge on any atom is 0.123 e. The second kappa shape index (κ2) is 6.86. The maximum atomic E-state index is 12.9. The molecule has 1 aliphatic carbocycles. The fourth-order valence-electron chi connectivity index (χ4n) is 2.92. The third kappa shape index (κ3) is 3.79. The van der Waals surface area contributed by atoms with Gasteiger partial charge in [-0.3, -0.25) is 11.3 Å². The number of hydrazine groups is 1. The molecule has 1 aromatic carbocycles. The van der Waals surface area contributed by atoms with E-state index in [1.165, 1.54) is 50.7 Å². The van der Waals surface area contributed by atoms with Crippen LogP contribution in [-0.2, 0) is 0 Å². The first-order chi connectivity index (χ1) is 8.79. The number of nitrogens with one attached hydrogen (secondary N) is 1. The number of rotatable bonds is 5. The van der Waals surface area contributed by atoms with Crippen molar-refractivity contribution in [2.24, 2.45) is 11.8 Å².